The third-order valence-corrected chi connectivity index (χ3v) is 6.90. The van der Waals surface area contributed by atoms with E-state index < -0.39 is 16.6 Å². The van der Waals surface area contributed by atoms with Gasteiger partial charge in [0.05, 0.1) is 29.3 Å². The summed E-state index contributed by atoms with van der Waals surface area (Å²) in [5.74, 6) is 0.364. The van der Waals surface area contributed by atoms with Crippen LogP contribution in [-0.2, 0) is 22.7 Å². The van der Waals surface area contributed by atoms with E-state index in [9.17, 15) is 9.18 Å². The second-order valence-corrected chi connectivity index (χ2v) is 10.8. The minimum atomic E-state index is -0.607. The van der Waals surface area contributed by atoms with Crippen LogP contribution in [0, 0.1) is 5.82 Å². The normalized spacial score (nSPS) is 19.9. The van der Waals surface area contributed by atoms with Crippen LogP contribution >= 0.6 is 11.6 Å². The lowest BCUT2D eigenvalue weighted by Crippen LogP contribution is -2.36. The molecule has 1 aliphatic heterocycles. The van der Waals surface area contributed by atoms with Crippen molar-refractivity contribution in [3.8, 4) is 5.69 Å². The third kappa shape index (κ3) is 4.80. The highest BCUT2D eigenvalue weighted by Gasteiger charge is 2.34. The molecule has 0 fully saturated rings. The summed E-state index contributed by atoms with van der Waals surface area (Å²) in [6, 6.07) is 8.90. The Morgan fingerprint density at radius 3 is 2.74 bits per heavy atom. The molecule has 1 atom stereocenters. The molecule has 2 aliphatic rings. The van der Waals surface area contributed by atoms with Crippen LogP contribution in [0.4, 0.5) is 9.18 Å². The van der Waals surface area contributed by atoms with Gasteiger partial charge in [-0.1, -0.05) is 18.2 Å². The minimum absolute atomic E-state index is 0.289. The van der Waals surface area contributed by atoms with Gasteiger partial charge in [-0.3, -0.25) is 14.5 Å². The van der Waals surface area contributed by atoms with Crippen molar-refractivity contribution in [3.05, 3.63) is 77.4 Å². The number of alkyl halides is 1. The van der Waals surface area contributed by atoms with E-state index in [2.05, 4.69) is 27.3 Å². The van der Waals surface area contributed by atoms with Gasteiger partial charge in [-0.25, -0.2) is 9.18 Å². The molecule has 3 aromatic rings. The fourth-order valence-corrected chi connectivity index (χ4v) is 4.87. The summed E-state index contributed by atoms with van der Waals surface area (Å²) in [7, 11) is 0. The molecule has 0 N–H and O–H groups in total. The summed E-state index contributed by atoms with van der Waals surface area (Å²) in [6.07, 6.45) is 6.75. The number of fused-ring (bicyclic) bond motifs is 3. The Hall–Kier alpha value is -3.26. The molecule has 7 nitrogen and oxygen atoms in total. The second-order valence-electron chi connectivity index (χ2n) is 10.1. The number of pyridine rings is 1. The van der Waals surface area contributed by atoms with E-state index in [1.54, 1.807) is 11.2 Å². The van der Waals surface area contributed by atoms with Crippen molar-refractivity contribution in [2.45, 2.75) is 63.6 Å². The Labute approximate surface area is 208 Å². The maximum atomic E-state index is 13.7. The van der Waals surface area contributed by atoms with E-state index in [0.29, 0.717) is 37.3 Å². The van der Waals surface area contributed by atoms with E-state index in [1.165, 1.54) is 18.3 Å². The molecule has 35 heavy (non-hydrogen) atoms. The van der Waals surface area contributed by atoms with Gasteiger partial charge in [-0.15, -0.1) is 21.8 Å². The topological polar surface area (TPSA) is 73.1 Å². The first-order valence-electron chi connectivity index (χ1n) is 11.6. The number of hydrogen-bond acceptors (Lipinski definition) is 5. The molecule has 2 aromatic heterocycles. The SMILES string of the molecule is CC(C)(C)OC(=O)N1Cc2cc(C3(Cl)CC=C(c4cc(F)ccn4)CC3)ccc2-n2cnnc2C1. The molecule has 182 valence electrons. The summed E-state index contributed by atoms with van der Waals surface area (Å²) in [5, 5.41) is 8.26. The Morgan fingerprint density at radius 1 is 1.20 bits per heavy atom. The van der Waals surface area contributed by atoms with Gasteiger partial charge in [0, 0.05) is 6.20 Å². The van der Waals surface area contributed by atoms with Crippen LogP contribution < -0.4 is 0 Å². The molecule has 0 spiro atoms. The van der Waals surface area contributed by atoms with E-state index in [0.717, 1.165) is 22.4 Å². The van der Waals surface area contributed by atoms with Gasteiger partial charge >= 0.3 is 6.09 Å². The van der Waals surface area contributed by atoms with Crippen LogP contribution in [-0.4, -0.2) is 36.3 Å². The smallest absolute Gasteiger partial charge is 0.411 e. The van der Waals surface area contributed by atoms with Gasteiger partial charge < -0.3 is 4.74 Å². The predicted octanol–water partition coefficient (Wildman–Crippen LogP) is 5.75. The fourth-order valence-electron chi connectivity index (χ4n) is 4.58. The van der Waals surface area contributed by atoms with Gasteiger partial charge in [-0.05, 0) is 74.9 Å². The first-order valence-corrected chi connectivity index (χ1v) is 12.0. The largest absolute Gasteiger partial charge is 0.444 e. The van der Waals surface area contributed by atoms with Gasteiger partial charge in [0.25, 0.3) is 0 Å². The molecule has 0 saturated carbocycles. The first kappa shape index (κ1) is 23.5. The van der Waals surface area contributed by atoms with Crippen molar-refractivity contribution >= 4 is 23.3 Å². The summed E-state index contributed by atoms with van der Waals surface area (Å²) >= 11 is 7.16. The van der Waals surface area contributed by atoms with Crippen LogP contribution in [0.15, 0.2) is 48.9 Å². The second kappa shape index (κ2) is 8.75. The number of rotatable bonds is 2. The number of allylic oxidation sites excluding steroid dienone is 2. The molecule has 9 heteroatoms. The van der Waals surface area contributed by atoms with Crippen molar-refractivity contribution in [1.29, 1.82) is 0 Å². The lowest BCUT2D eigenvalue weighted by Gasteiger charge is -2.32. The zero-order valence-electron chi connectivity index (χ0n) is 20.0. The maximum Gasteiger partial charge on any atom is 0.411 e. The Balaban J connectivity index is 1.45. The molecule has 1 aromatic carbocycles. The first-order chi connectivity index (χ1) is 16.6. The molecule has 1 unspecified atom stereocenters. The molecule has 0 saturated heterocycles. The Bertz CT molecular complexity index is 1320. The van der Waals surface area contributed by atoms with Gasteiger partial charge in [0.1, 0.15) is 17.7 Å². The number of carbonyl (C=O) groups is 1. The average Bonchev–Trinajstić information content (AvgIpc) is 3.19. The van der Waals surface area contributed by atoms with E-state index >= 15 is 0 Å². The van der Waals surface area contributed by atoms with E-state index in [1.807, 2.05) is 37.5 Å². The molecule has 3 heterocycles. The molecule has 0 bridgehead atoms. The summed E-state index contributed by atoms with van der Waals surface area (Å²) in [6.45, 7) is 6.19. The van der Waals surface area contributed by atoms with Crippen LogP contribution in [0.5, 0.6) is 0 Å². The molecular formula is C26H27ClFN5O2. The summed E-state index contributed by atoms with van der Waals surface area (Å²) in [5.41, 5.74) is 3.87. The molecule has 0 radical (unpaired) electrons. The lowest BCUT2D eigenvalue weighted by atomic mass is 9.82. The number of benzene rings is 1. The number of aromatic nitrogens is 4. The van der Waals surface area contributed by atoms with Crippen molar-refractivity contribution in [1.82, 2.24) is 24.6 Å². The monoisotopic (exact) mass is 495 g/mol. The number of ether oxygens (including phenoxy) is 1. The number of halogens is 2. The number of amides is 1. The van der Waals surface area contributed by atoms with Crippen molar-refractivity contribution in [2.75, 3.05) is 0 Å². The number of hydrogen-bond donors (Lipinski definition) is 0. The van der Waals surface area contributed by atoms with Gasteiger partial charge in [0.2, 0.25) is 0 Å². The average molecular weight is 496 g/mol. The summed E-state index contributed by atoms with van der Waals surface area (Å²) < 4.78 is 21.2. The summed E-state index contributed by atoms with van der Waals surface area (Å²) in [4.78, 5) is 18.3. The molecule has 1 amide bonds. The molecule has 1 aliphatic carbocycles. The van der Waals surface area contributed by atoms with E-state index in [-0.39, 0.29) is 12.4 Å². The highest BCUT2D eigenvalue weighted by atomic mass is 35.5. The molecular weight excluding hydrogens is 469 g/mol. The minimum Gasteiger partial charge on any atom is -0.444 e. The van der Waals surface area contributed by atoms with E-state index in [4.69, 9.17) is 16.3 Å². The highest BCUT2D eigenvalue weighted by molar-refractivity contribution is 6.24. The Morgan fingerprint density at radius 2 is 2.03 bits per heavy atom. The van der Waals surface area contributed by atoms with Crippen LogP contribution in [0.3, 0.4) is 0 Å². The van der Waals surface area contributed by atoms with Gasteiger partial charge in [-0.2, -0.15) is 0 Å². The van der Waals surface area contributed by atoms with Crippen molar-refractivity contribution < 1.29 is 13.9 Å². The highest BCUT2D eigenvalue weighted by Crippen LogP contribution is 2.45. The van der Waals surface area contributed by atoms with Gasteiger partial charge in [0.15, 0.2) is 5.82 Å². The van der Waals surface area contributed by atoms with Crippen LogP contribution in [0.25, 0.3) is 11.3 Å². The Kier molecular flexibility index (Phi) is 5.87. The lowest BCUT2D eigenvalue weighted by molar-refractivity contribution is 0.0214. The zero-order valence-corrected chi connectivity index (χ0v) is 20.7. The van der Waals surface area contributed by atoms with Crippen LogP contribution in [0.1, 0.15) is 62.7 Å². The van der Waals surface area contributed by atoms with Crippen molar-refractivity contribution in [3.63, 3.8) is 0 Å². The van der Waals surface area contributed by atoms with Crippen LogP contribution in [0.2, 0.25) is 0 Å². The predicted molar refractivity (Wildman–Crippen MR) is 130 cm³/mol. The fraction of sp³-hybridized carbons (Fsp3) is 0.385. The zero-order chi connectivity index (χ0) is 24.8. The standard InChI is InChI=1S/C26H27ClFN5O2/c1-25(2,3)35-24(34)32-14-18-12-19(4-5-22(18)33-16-30-31-23(33)15-32)26(27)9-6-17(7-10-26)21-13-20(28)8-11-29-21/h4-6,8,11-13,16H,7,9-10,14-15H2,1-3H3. The van der Waals surface area contributed by atoms with Crippen molar-refractivity contribution in [2.24, 2.45) is 0 Å². The quantitative estimate of drug-likeness (QED) is 0.423. The third-order valence-electron chi connectivity index (χ3n) is 6.33. The number of nitrogens with zero attached hydrogens (tertiary/aromatic N) is 5. The number of carbonyl (C=O) groups excluding carboxylic acids is 1. The molecule has 5 rings (SSSR count). The maximum absolute atomic E-state index is 13.7.